The molecule has 0 radical (unpaired) electrons. The SMILES string of the molecule is N#Cc1ccc(-c2cc(-c3ccccc3)nc(-c3cccc4c(-c5nc(-c6ccccc6)cc(-c6ccc(C#N)cc6)n5)cccc34)n2)cc1. The van der Waals surface area contributed by atoms with E-state index in [9.17, 15) is 10.5 Å². The van der Waals surface area contributed by atoms with Crippen LogP contribution in [0.1, 0.15) is 11.1 Å². The number of nitriles is 2. The second-order valence-electron chi connectivity index (χ2n) is 11.7. The van der Waals surface area contributed by atoms with Crippen LogP contribution in [0.2, 0.25) is 0 Å². The lowest BCUT2D eigenvalue weighted by atomic mass is 9.98. The van der Waals surface area contributed by atoms with Crippen LogP contribution >= 0.6 is 0 Å². The largest absolute Gasteiger partial charge is 0.228 e. The van der Waals surface area contributed by atoms with Crippen LogP contribution in [-0.4, -0.2) is 19.9 Å². The lowest BCUT2D eigenvalue weighted by molar-refractivity contribution is 1.18. The van der Waals surface area contributed by atoms with Crippen molar-refractivity contribution in [2.24, 2.45) is 0 Å². The van der Waals surface area contributed by atoms with Crippen LogP contribution in [0.15, 0.2) is 158 Å². The highest BCUT2D eigenvalue weighted by molar-refractivity contribution is 6.03. The summed E-state index contributed by atoms with van der Waals surface area (Å²) in [6.45, 7) is 0. The van der Waals surface area contributed by atoms with E-state index in [2.05, 4.69) is 24.3 Å². The molecule has 50 heavy (non-hydrogen) atoms. The summed E-state index contributed by atoms with van der Waals surface area (Å²) in [5.74, 6) is 1.18. The van der Waals surface area contributed by atoms with E-state index < -0.39 is 0 Å². The molecule has 0 aliphatic heterocycles. The van der Waals surface area contributed by atoms with Gasteiger partial charge in [0.2, 0.25) is 0 Å². The Morgan fingerprint density at radius 2 is 0.680 bits per heavy atom. The van der Waals surface area contributed by atoms with Crippen LogP contribution in [0.3, 0.4) is 0 Å². The monoisotopic (exact) mass is 638 g/mol. The zero-order valence-corrected chi connectivity index (χ0v) is 26.7. The van der Waals surface area contributed by atoms with E-state index in [1.54, 1.807) is 24.3 Å². The van der Waals surface area contributed by atoms with Crippen molar-refractivity contribution in [1.82, 2.24) is 19.9 Å². The fourth-order valence-corrected chi connectivity index (χ4v) is 6.08. The van der Waals surface area contributed by atoms with Gasteiger partial charge in [-0.25, -0.2) is 19.9 Å². The summed E-state index contributed by atoms with van der Waals surface area (Å²) in [7, 11) is 0. The van der Waals surface area contributed by atoms with E-state index in [4.69, 9.17) is 19.9 Å². The lowest BCUT2D eigenvalue weighted by Gasteiger charge is -2.14. The molecule has 0 amide bonds. The molecule has 8 aromatic rings. The molecule has 0 saturated carbocycles. The maximum atomic E-state index is 9.36. The molecule has 0 aliphatic rings. The molecule has 0 bridgehead atoms. The van der Waals surface area contributed by atoms with Gasteiger partial charge >= 0.3 is 0 Å². The minimum Gasteiger partial charge on any atom is -0.228 e. The Labute approximate surface area is 289 Å². The summed E-state index contributed by atoms with van der Waals surface area (Å²) in [5.41, 5.74) is 9.81. The summed E-state index contributed by atoms with van der Waals surface area (Å²) in [6.07, 6.45) is 0. The highest BCUT2D eigenvalue weighted by Gasteiger charge is 2.17. The minimum atomic E-state index is 0.589. The third kappa shape index (κ3) is 5.86. The van der Waals surface area contributed by atoms with Gasteiger partial charge in [0.05, 0.1) is 46.0 Å². The van der Waals surface area contributed by atoms with Crippen LogP contribution in [0.25, 0.3) is 78.6 Å². The summed E-state index contributed by atoms with van der Waals surface area (Å²) in [6, 6.07) is 55.7. The van der Waals surface area contributed by atoms with E-state index in [0.29, 0.717) is 22.8 Å². The summed E-state index contributed by atoms with van der Waals surface area (Å²) < 4.78 is 0. The molecule has 8 rings (SSSR count). The Morgan fingerprint density at radius 1 is 0.340 bits per heavy atom. The Hall–Kier alpha value is -7.28. The van der Waals surface area contributed by atoms with Gasteiger partial charge in [0.15, 0.2) is 11.6 Å². The van der Waals surface area contributed by atoms with E-state index in [0.717, 1.165) is 66.9 Å². The Balaban J connectivity index is 1.31. The first-order valence-electron chi connectivity index (χ1n) is 16.1. The average Bonchev–Trinajstić information content (AvgIpc) is 3.20. The maximum Gasteiger partial charge on any atom is 0.161 e. The zero-order valence-electron chi connectivity index (χ0n) is 26.7. The standard InChI is InChI=1S/C44H26N6/c45-27-29-17-21-33(22-18-29)41-25-39(31-9-3-1-4-10-31)47-43(49-41)37-15-7-14-36-35(37)13-8-16-38(36)44-48-40(32-11-5-2-6-12-32)26-42(50-44)34-23-19-30(28-46)20-24-34/h1-26H. The van der Waals surface area contributed by atoms with E-state index in [-0.39, 0.29) is 0 Å². The summed E-state index contributed by atoms with van der Waals surface area (Å²) in [5, 5.41) is 20.7. The Kier molecular flexibility index (Phi) is 7.87. The van der Waals surface area contributed by atoms with Crippen LogP contribution in [0.5, 0.6) is 0 Å². The fraction of sp³-hybridized carbons (Fsp3) is 0. The highest BCUT2D eigenvalue weighted by Crippen LogP contribution is 2.36. The van der Waals surface area contributed by atoms with Gasteiger partial charge in [0, 0.05) is 33.4 Å². The van der Waals surface area contributed by atoms with Crippen molar-refractivity contribution >= 4 is 10.8 Å². The van der Waals surface area contributed by atoms with Crippen molar-refractivity contribution in [3.63, 3.8) is 0 Å². The molecule has 232 valence electrons. The normalized spacial score (nSPS) is 10.8. The van der Waals surface area contributed by atoms with E-state index in [1.807, 2.05) is 121 Å². The van der Waals surface area contributed by atoms with Gasteiger partial charge in [0.1, 0.15) is 0 Å². The number of nitrogens with zero attached hydrogens (tertiary/aromatic N) is 6. The minimum absolute atomic E-state index is 0.589. The van der Waals surface area contributed by atoms with E-state index in [1.165, 1.54) is 0 Å². The van der Waals surface area contributed by atoms with Crippen LogP contribution < -0.4 is 0 Å². The topological polar surface area (TPSA) is 99.1 Å². The van der Waals surface area contributed by atoms with Crippen molar-refractivity contribution in [2.75, 3.05) is 0 Å². The maximum absolute atomic E-state index is 9.36. The molecule has 0 spiro atoms. The molecule has 0 N–H and O–H groups in total. The van der Waals surface area contributed by atoms with Gasteiger partial charge in [-0.2, -0.15) is 10.5 Å². The van der Waals surface area contributed by atoms with Crippen molar-refractivity contribution in [3.05, 3.63) is 169 Å². The lowest BCUT2D eigenvalue weighted by Crippen LogP contribution is -1.98. The first-order valence-corrected chi connectivity index (χ1v) is 16.1. The van der Waals surface area contributed by atoms with Crippen molar-refractivity contribution in [2.45, 2.75) is 0 Å². The Morgan fingerprint density at radius 3 is 1.02 bits per heavy atom. The number of hydrogen-bond acceptors (Lipinski definition) is 6. The molecule has 0 unspecified atom stereocenters. The van der Waals surface area contributed by atoms with Crippen molar-refractivity contribution < 1.29 is 0 Å². The van der Waals surface area contributed by atoms with Crippen molar-refractivity contribution in [3.8, 4) is 79.9 Å². The van der Waals surface area contributed by atoms with Crippen LogP contribution in [0.4, 0.5) is 0 Å². The molecule has 0 saturated heterocycles. The van der Waals surface area contributed by atoms with Crippen LogP contribution in [-0.2, 0) is 0 Å². The molecular formula is C44H26N6. The number of fused-ring (bicyclic) bond motifs is 1. The second kappa shape index (κ2) is 13.1. The summed E-state index contributed by atoms with van der Waals surface area (Å²) >= 11 is 0. The molecule has 0 aliphatic carbocycles. The molecule has 0 fully saturated rings. The predicted octanol–water partition coefficient (Wildman–Crippen LogP) is 10.2. The number of hydrogen-bond donors (Lipinski definition) is 0. The fourth-order valence-electron chi connectivity index (χ4n) is 6.08. The number of aromatic nitrogens is 4. The third-order valence-corrected chi connectivity index (χ3v) is 8.61. The molecule has 2 aromatic heterocycles. The van der Waals surface area contributed by atoms with Gasteiger partial charge in [-0.1, -0.05) is 121 Å². The van der Waals surface area contributed by atoms with E-state index >= 15 is 0 Å². The predicted molar refractivity (Wildman–Crippen MR) is 197 cm³/mol. The smallest absolute Gasteiger partial charge is 0.161 e. The van der Waals surface area contributed by atoms with Gasteiger partial charge in [0.25, 0.3) is 0 Å². The molecule has 6 heteroatoms. The number of rotatable bonds is 6. The molecule has 6 nitrogen and oxygen atoms in total. The molecular weight excluding hydrogens is 613 g/mol. The molecule has 6 aromatic carbocycles. The van der Waals surface area contributed by atoms with Gasteiger partial charge in [-0.3, -0.25) is 0 Å². The first-order chi connectivity index (χ1) is 24.7. The summed E-state index contributed by atoms with van der Waals surface area (Å²) in [4.78, 5) is 20.3. The van der Waals surface area contributed by atoms with Crippen molar-refractivity contribution in [1.29, 1.82) is 10.5 Å². The van der Waals surface area contributed by atoms with Gasteiger partial charge in [-0.05, 0) is 47.2 Å². The third-order valence-electron chi connectivity index (χ3n) is 8.61. The average molecular weight is 639 g/mol. The number of benzene rings is 6. The highest BCUT2D eigenvalue weighted by atomic mass is 14.9. The van der Waals surface area contributed by atoms with Gasteiger partial charge in [-0.15, -0.1) is 0 Å². The van der Waals surface area contributed by atoms with Crippen LogP contribution in [0, 0.1) is 22.7 Å². The molecule has 2 heterocycles. The zero-order chi connectivity index (χ0) is 33.9. The first kappa shape index (κ1) is 30.1. The quantitative estimate of drug-likeness (QED) is 0.180. The molecule has 0 atom stereocenters. The van der Waals surface area contributed by atoms with Gasteiger partial charge < -0.3 is 0 Å². The Bertz CT molecular complexity index is 2400. The second-order valence-corrected chi connectivity index (χ2v) is 11.7.